The van der Waals surface area contributed by atoms with Crippen molar-refractivity contribution < 1.29 is 5.11 Å². The van der Waals surface area contributed by atoms with Gasteiger partial charge in [0.05, 0.1) is 11.7 Å². The smallest absolute Gasteiger partial charge is 0.0630 e. The zero-order valence-corrected chi connectivity index (χ0v) is 8.52. The molecule has 0 radical (unpaired) electrons. The summed E-state index contributed by atoms with van der Waals surface area (Å²) < 4.78 is 0. The van der Waals surface area contributed by atoms with Crippen LogP contribution in [0.25, 0.3) is 0 Å². The third-order valence-electron chi connectivity index (χ3n) is 2.12. The van der Waals surface area contributed by atoms with Crippen LogP contribution in [0.3, 0.4) is 0 Å². The van der Waals surface area contributed by atoms with Crippen molar-refractivity contribution in [3.63, 3.8) is 0 Å². The topological polar surface area (TPSA) is 44.0 Å². The van der Waals surface area contributed by atoms with Crippen LogP contribution in [0.15, 0.2) is 0 Å². The number of hydrogen-bond acceptors (Lipinski definition) is 2. The highest BCUT2D eigenvalue weighted by Gasteiger charge is 2.47. The van der Waals surface area contributed by atoms with Gasteiger partial charge in [-0.1, -0.05) is 20.8 Å². The molecule has 0 aromatic heterocycles. The molecule has 0 heterocycles. The van der Waals surface area contributed by atoms with Crippen LogP contribution in [-0.2, 0) is 0 Å². The Balaban J connectivity index is 0.000000561. The second kappa shape index (κ2) is 3.91. The van der Waals surface area contributed by atoms with Crippen molar-refractivity contribution in [3.8, 4) is 6.07 Å². The van der Waals surface area contributed by atoms with Crippen LogP contribution in [0, 0.1) is 16.7 Å². The highest BCUT2D eigenvalue weighted by atomic mass is 16.3. The van der Waals surface area contributed by atoms with Gasteiger partial charge in [-0.05, 0) is 25.2 Å². The Morgan fingerprint density at radius 3 is 2.00 bits per heavy atom. The van der Waals surface area contributed by atoms with Crippen LogP contribution in [0.1, 0.15) is 47.0 Å². The zero-order valence-electron chi connectivity index (χ0n) is 8.52. The van der Waals surface area contributed by atoms with Crippen molar-refractivity contribution in [2.24, 2.45) is 5.41 Å². The summed E-state index contributed by atoms with van der Waals surface area (Å²) in [6.45, 7) is 7.88. The van der Waals surface area contributed by atoms with Gasteiger partial charge in [0, 0.05) is 6.42 Å². The van der Waals surface area contributed by atoms with Crippen LogP contribution < -0.4 is 0 Å². The molecule has 0 aromatic carbocycles. The minimum atomic E-state index is -0.494. The molecule has 12 heavy (non-hydrogen) atoms. The fourth-order valence-corrected chi connectivity index (χ4v) is 2.10. The Kier molecular flexibility index (Phi) is 3.73. The van der Waals surface area contributed by atoms with Crippen LogP contribution >= 0.6 is 0 Å². The predicted molar refractivity (Wildman–Crippen MR) is 49.5 cm³/mol. The maximum atomic E-state index is 9.37. The molecule has 2 nitrogen and oxygen atoms in total. The Morgan fingerprint density at radius 1 is 1.33 bits per heavy atom. The third kappa shape index (κ3) is 2.83. The average Bonchev–Trinajstić information content (AvgIpc) is 1.87. The second-order valence-electron chi connectivity index (χ2n) is 4.00. The van der Waals surface area contributed by atoms with E-state index >= 15 is 0 Å². The van der Waals surface area contributed by atoms with Gasteiger partial charge in [-0.2, -0.15) is 5.26 Å². The van der Waals surface area contributed by atoms with E-state index in [0.29, 0.717) is 6.42 Å². The SMILES string of the molecule is CC.CC1(O)CC(C)(CC#N)C1. The molecule has 0 unspecified atom stereocenters. The standard InChI is InChI=1S/C8H13NO.C2H6/c1-7(3-4-9)5-8(2,10)6-7;1-2/h10H,3,5-6H2,1-2H3;1-2H3. The maximum absolute atomic E-state index is 9.37. The molecule has 0 bridgehead atoms. The Bertz CT molecular complexity index is 171. The first-order valence-corrected chi connectivity index (χ1v) is 4.57. The van der Waals surface area contributed by atoms with E-state index in [1.54, 1.807) is 0 Å². The summed E-state index contributed by atoms with van der Waals surface area (Å²) in [5.41, 5.74) is -0.399. The summed E-state index contributed by atoms with van der Waals surface area (Å²) in [5, 5.41) is 17.8. The van der Waals surface area contributed by atoms with E-state index < -0.39 is 5.60 Å². The minimum Gasteiger partial charge on any atom is -0.390 e. The monoisotopic (exact) mass is 169 g/mol. The Morgan fingerprint density at radius 2 is 1.75 bits per heavy atom. The molecule has 0 amide bonds. The van der Waals surface area contributed by atoms with E-state index in [1.165, 1.54) is 0 Å². The van der Waals surface area contributed by atoms with Crippen molar-refractivity contribution in [2.45, 2.75) is 52.6 Å². The van der Waals surface area contributed by atoms with Gasteiger partial charge >= 0.3 is 0 Å². The van der Waals surface area contributed by atoms with Crippen molar-refractivity contribution in [3.05, 3.63) is 0 Å². The molecule has 1 aliphatic rings. The molecular weight excluding hydrogens is 150 g/mol. The lowest BCUT2D eigenvalue weighted by molar-refractivity contribution is -0.104. The van der Waals surface area contributed by atoms with Gasteiger partial charge in [0.25, 0.3) is 0 Å². The molecule has 2 heteroatoms. The lowest BCUT2D eigenvalue weighted by atomic mass is 9.60. The van der Waals surface area contributed by atoms with Gasteiger partial charge in [0.2, 0.25) is 0 Å². The lowest BCUT2D eigenvalue weighted by Crippen LogP contribution is -2.47. The van der Waals surface area contributed by atoms with Crippen molar-refractivity contribution in [2.75, 3.05) is 0 Å². The molecule has 1 saturated carbocycles. The van der Waals surface area contributed by atoms with E-state index in [-0.39, 0.29) is 5.41 Å². The molecule has 1 aliphatic carbocycles. The largest absolute Gasteiger partial charge is 0.390 e. The van der Waals surface area contributed by atoms with E-state index in [1.807, 2.05) is 27.7 Å². The molecule has 0 spiro atoms. The van der Waals surface area contributed by atoms with Crippen molar-refractivity contribution in [1.29, 1.82) is 5.26 Å². The quantitative estimate of drug-likeness (QED) is 0.655. The first-order chi connectivity index (χ1) is 5.47. The molecule has 1 N–H and O–H groups in total. The summed E-state index contributed by atoms with van der Waals surface area (Å²) in [6.07, 6.45) is 2.12. The highest BCUT2D eigenvalue weighted by molar-refractivity contribution is 5.02. The summed E-state index contributed by atoms with van der Waals surface area (Å²) >= 11 is 0. The maximum Gasteiger partial charge on any atom is 0.0630 e. The van der Waals surface area contributed by atoms with Gasteiger partial charge in [0.15, 0.2) is 0 Å². The molecule has 70 valence electrons. The summed E-state index contributed by atoms with van der Waals surface area (Å²) in [4.78, 5) is 0. The molecule has 0 saturated heterocycles. The number of aliphatic hydroxyl groups is 1. The van der Waals surface area contributed by atoms with E-state index in [2.05, 4.69) is 6.07 Å². The number of rotatable bonds is 1. The first kappa shape index (κ1) is 11.4. The fourth-order valence-electron chi connectivity index (χ4n) is 2.10. The first-order valence-electron chi connectivity index (χ1n) is 4.57. The van der Waals surface area contributed by atoms with Crippen molar-refractivity contribution in [1.82, 2.24) is 0 Å². The Labute approximate surface area is 75.2 Å². The number of nitriles is 1. The van der Waals surface area contributed by atoms with Gasteiger partial charge in [0.1, 0.15) is 0 Å². The molecule has 0 aliphatic heterocycles. The molecule has 1 rings (SSSR count). The van der Waals surface area contributed by atoms with Gasteiger partial charge in [-0.15, -0.1) is 0 Å². The molecule has 1 fully saturated rings. The van der Waals surface area contributed by atoms with Crippen LogP contribution in [0.2, 0.25) is 0 Å². The minimum absolute atomic E-state index is 0.0955. The van der Waals surface area contributed by atoms with Crippen LogP contribution in [0.4, 0.5) is 0 Å². The van der Waals surface area contributed by atoms with E-state index in [4.69, 9.17) is 5.26 Å². The predicted octanol–water partition coefficient (Wildman–Crippen LogP) is 2.48. The summed E-state index contributed by atoms with van der Waals surface area (Å²) in [5.74, 6) is 0. The van der Waals surface area contributed by atoms with E-state index in [9.17, 15) is 5.11 Å². The summed E-state index contributed by atoms with van der Waals surface area (Å²) in [6, 6.07) is 2.14. The van der Waals surface area contributed by atoms with Gasteiger partial charge in [-0.3, -0.25) is 0 Å². The number of hydrogen-bond donors (Lipinski definition) is 1. The van der Waals surface area contributed by atoms with Gasteiger partial charge < -0.3 is 5.11 Å². The molecule has 0 aromatic rings. The fraction of sp³-hybridized carbons (Fsp3) is 0.900. The Hall–Kier alpha value is -0.550. The third-order valence-corrected chi connectivity index (χ3v) is 2.12. The highest BCUT2D eigenvalue weighted by Crippen LogP contribution is 2.49. The normalized spacial score (nSPS) is 38.7. The average molecular weight is 169 g/mol. The second-order valence-corrected chi connectivity index (χ2v) is 4.00. The number of nitrogens with zero attached hydrogens (tertiary/aromatic N) is 1. The van der Waals surface area contributed by atoms with E-state index in [0.717, 1.165) is 12.8 Å². The van der Waals surface area contributed by atoms with Gasteiger partial charge in [-0.25, -0.2) is 0 Å². The van der Waals surface area contributed by atoms with Crippen LogP contribution in [0.5, 0.6) is 0 Å². The lowest BCUT2D eigenvalue weighted by Gasteiger charge is -2.48. The van der Waals surface area contributed by atoms with Crippen molar-refractivity contribution >= 4 is 0 Å². The summed E-state index contributed by atoms with van der Waals surface area (Å²) in [7, 11) is 0. The molecule has 0 atom stereocenters. The zero-order chi connectivity index (χ0) is 9.83. The van der Waals surface area contributed by atoms with Crippen LogP contribution in [-0.4, -0.2) is 10.7 Å². The molecular formula is C10H19NO.